The third kappa shape index (κ3) is 6.88. The minimum atomic E-state index is -3.40. The first-order chi connectivity index (χ1) is 13.5. The van der Waals surface area contributed by atoms with Gasteiger partial charge in [-0.3, -0.25) is 0 Å². The van der Waals surface area contributed by atoms with Crippen molar-refractivity contribution >= 4 is 44.8 Å². The molecule has 144 valence electrons. The molecule has 3 aromatic carbocycles. The van der Waals surface area contributed by atoms with Crippen molar-refractivity contribution in [3.63, 3.8) is 0 Å². The van der Waals surface area contributed by atoms with Gasteiger partial charge in [0.15, 0.2) is 15.7 Å². The van der Waals surface area contributed by atoms with E-state index in [9.17, 15) is 13.2 Å². The Bertz CT molecular complexity index is 1060. The number of hydrogen-bond acceptors (Lipinski definition) is 4. The van der Waals surface area contributed by atoms with Crippen molar-refractivity contribution < 1.29 is 42.8 Å². The molecule has 3 aromatic rings. The number of para-hydroxylation sites is 1. The summed E-state index contributed by atoms with van der Waals surface area (Å²) >= 11 is 7.19. The predicted molar refractivity (Wildman–Crippen MR) is 114 cm³/mol. The van der Waals surface area contributed by atoms with Crippen molar-refractivity contribution in [2.24, 2.45) is 0 Å². The Balaban J connectivity index is 0.00000300. The van der Waals surface area contributed by atoms with Crippen molar-refractivity contribution in [3.8, 4) is 0 Å². The average Bonchev–Trinajstić information content (AvgIpc) is 2.70. The maximum Gasteiger partial charge on any atom is 1.00 e. The molecule has 0 saturated heterocycles. The normalized spacial score (nSPS) is 10.8. The van der Waals surface area contributed by atoms with Gasteiger partial charge in [0.05, 0.1) is 10.6 Å². The van der Waals surface area contributed by atoms with Crippen molar-refractivity contribution in [2.45, 2.75) is 9.79 Å². The van der Waals surface area contributed by atoms with E-state index in [4.69, 9.17) is 11.6 Å². The zero-order chi connectivity index (χ0) is 20.0. The molecule has 1 amide bonds. The van der Waals surface area contributed by atoms with Gasteiger partial charge in [-0.05, 0) is 36.4 Å². The van der Waals surface area contributed by atoms with Gasteiger partial charge in [0.25, 0.3) is 0 Å². The second kappa shape index (κ2) is 11.2. The maximum absolute atomic E-state index is 12.5. The molecule has 0 aliphatic carbocycles. The minimum absolute atomic E-state index is 0. The van der Waals surface area contributed by atoms with Crippen LogP contribution < -0.4 is 34.9 Å². The number of halogens is 1. The molecule has 0 aliphatic rings. The number of sulfone groups is 1. The average molecular weight is 454 g/mol. The summed E-state index contributed by atoms with van der Waals surface area (Å²) in [7, 11) is -3.40. The number of hydrogen-bond donors (Lipinski definition) is 1. The van der Waals surface area contributed by atoms with E-state index in [1.165, 1.54) is 23.9 Å². The zero-order valence-corrected chi connectivity index (χ0v) is 20.2. The fraction of sp³-hybridized carbons (Fsp3) is 0.0952. The van der Waals surface area contributed by atoms with Gasteiger partial charge >= 0.3 is 29.6 Å². The Hall–Kier alpha value is -1.28. The van der Waals surface area contributed by atoms with E-state index < -0.39 is 9.84 Å². The Morgan fingerprint density at radius 1 is 1.00 bits per heavy atom. The summed E-state index contributed by atoms with van der Waals surface area (Å²) in [6.45, 7) is 0. The quantitative estimate of drug-likeness (QED) is 0.337. The van der Waals surface area contributed by atoms with Crippen LogP contribution in [0.2, 0.25) is 5.02 Å². The molecular formula is C21H17ClNNaO3S2. The van der Waals surface area contributed by atoms with E-state index in [2.05, 4.69) is 11.4 Å². The number of benzene rings is 3. The second-order valence-corrected chi connectivity index (χ2v) is 9.53. The van der Waals surface area contributed by atoms with E-state index in [0.717, 1.165) is 4.90 Å². The number of thioether (sulfide) groups is 1. The van der Waals surface area contributed by atoms with Crippen molar-refractivity contribution in [3.05, 3.63) is 89.4 Å². The van der Waals surface area contributed by atoms with Crippen LogP contribution in [0.3, 0.4) is 0 Å². The third-order valence-corrected chi connectivity index (χ3v) is 7.19. The number of amides is 1. The fourth-order valence-corrected chi connectivity index (χ4v) is 5.23. The van der Waals surface area contributed by atoms with Gasteiger partial charge in [-0.1, -0.05) is 29.3 Å². The van der Waals surface area contributed by atoms with Crippen LogP contribution in [0.5, 0.6) is 0 Å². The first kappa shape index (κ1) is 24.0. The van der Waals surface area contributed by atoms with E-state index in [1.54, 1.807) is 42.5 Å². The molecule has 0 spiro atoms. The standard InChI is InChI=1S/C21H17ClNO3S2.Na/c22-17-10-12-18(13-11-17)28(25,26)15-14-27-20-9-5-4-8-19(20)23-21(24)16-6-2-1-3-7-16;/h1-6,8-13H,14-15H2,(H,23,24);/q-1;+1. The van der Waals surface area contributed by atoms with Crippen molar-refractivity contribution in [2.75, 3.05) is 16.8 Å². The Morgan fingerprint density at radius 2 is 1.69 bits per heavy atom. The molecule has 0 aliphatic heterocycles. The van der Waals surface area contributed by atoms with Crippen LogP contribution in [0.25, 0.3) is 0 Å². The van der Waals surface area contributed by atoms with E-state index in [0.29, 0.717) is 22.0 Å². The summed E-state index contributed by atoms with van der Waals surface area (Å²) < 4.78 is 24.9. The molecule has 0 heterocycles. The molecular weight excluding hydrogens is 437 g/mol. The van der Waals surface area contributed by atoms with Crippen LogP contribution >= 0.6 is 23.4 Å². The number of anilines is 1. The molecule has 4 nitrogen and oxygen atoms in total. The molecule has 0 bridgehead atoms. The molecule has 29 heavy (non-hydrogen) atoms. The van der Waals surface area contributed by atoms with Crippen LogP contribution in [-0.2, 0) is 9.84 Å². The van der Waals surface area contributed by atoms with Gasteiger partial charge in [-0.2, -0.15) is 0 Å². The molecule has 1 N–H and O–H groups in total. The monoisotopic (exact) mass is 453 g/mol. The van der Waals surface area contributed by atoms with E-state index in [1.807, 2.05) is 18.2 Å². The van der Waals surface area contributed by atoms with Gasteiger partial charge < -0.3 is 10.1 Å². The molecule has 8 heteroatoms. The van der Waals surface area contributed by atoms with Crippen LogP contribution in [0.1, 0.15) is 10.4 Å². The third-order valence-electron chi connectivity index (χ3n) is 3.87. The Kier molecular flexibility index (Phi) is 9.27. The maximum atomic E-state index is 12.5. The number of rotatable bonds is 7. The molecule has 0 fully saturated rings. The summed E-state index contributed by atoms with van der Waals surface area (Å²) in [5, 5.41) is 3.35. The SMILES string of the molecule is O=C(Nc1ccccc1SCCS(=O)(=O)c1ccc(Cl)cc1)c1[c-]cccc1.[Na+]. The van der Waals surface area contributed by atoms with Crippen LogP contribution in [0.15, 0.2) is 82.6 Å². The number of nitrogens with one attached hydrogen (secondary N) is 1. The summed E-state index contributed by atoms with van der Waals surface area (Å²) in [6.07, 6.45) is 0. The van der Waals surface area contributed by atoms with Gasteiger partial charge in [0, 0.05) is 21.4 Å². The summed E-state index contributed by atoms with van der Waals surface area (Å²) in [5.74, 6) is 0.0750. The first-order valence-electron chi connectivity index (χ1n) is 8.44. The summed E-state index contributed by atoms with van der Waals surface area (Å²) in [4.78, 5) is 13.4. The molecule has 0 unspecified atom stereocenters. The Labute approximate surface area is 202 Å². The fourth-order valence-electron chi connectivity index (χ4n) is 2.44. The van der Waals surface area contributed by atoms with Crippen LogP contribution in [0.4, 0.5) is 5.69 Å². The van der Waals surface area contributed by atoms with Crippen molar-refractivity contribution in [1.29, 1.82) is 0 Å². The molecule has 0 saturated carbocycles. The van der Waals surface area contributed by atoms with Crippen LogP contribution in [-0.4, -0.2) is 25.8 Å². The molecule has 0 radical (unpaired) electrons. The second-order valence-electron chi connectivity index (χ2n) is 5.85. The largest absolute Gasteiger partial charge is 1.00 e. The van der Waals surface area contributed by atoms with Gasteiger partial charge in [-0.25, -0.2) is 8.42 Å². The Morgan fingerprint density at radius 3 is 2.38 bits per heavy atom. The van der Waals surface area contributed by atoms with E-state index >= 15 is 0 Å². The van der Waals surface area contributed by atoms with Crippen molar-refractivity contribution in [1.82, 2.24) is 0 Å². The van der Waals surface area contributed by atoms with E-state index in [-0.39, 0.29) is 46.1 Å². The smallest absolute Gasteiger partial charge is 0.361 e. The molecule has 0 aromatic heterocycles. The zero-order valence-electron chi connectivity index (χ0n) is 15.8. The topological polar surface area (TPSA) is 63.2 Å². The minimum Gasteiger partial charge on any atom is -0.361 e. The van der Waals surface area contributed by atoms with Crippen LogP contribution in [0, 0.1) is 6.07 Å². The molecule has 3 rings (SSSR count). The first-order valence-corrected chi connectivity index (χ1v) is 11.5. The molecule has 0 atom stereocenters. The number of carbonyl (C=O) groups is 1. The summed E-state index contributed by atoms with van der Waals surface area (Å²) in [6, 6.07) is 23.3. The van der Waals surface area contributed by atoms with Gasteiger partial charge in [-0.15, -0.1) is 42.1 Å². The van der Waals surface area contributed by atoms with Gasteiger partial charge in [0.1, 0.15) is 0 Å². The summed E-state index contributed by atoms with van der Waals surface area (Å²) in [5.41, 5.74) is 1.08. The number of carbonyl (C=O) groups excluding carboxylic acids is 1. The van der Waals surface area contributed by atoms with Gasteiger partial charge in [0.2, 0.25) is 0 Å². The predicted octanol–water partition coefficient (Wildman–Crippen LogP) is 1.96.